The summed E-state index contributed by atoms with van der Waals surface area (Å²) < 4.78 is 5.86. The number of rotatable bonds is 3. The standard InChI is InChI=1S/C16H20ClN3O3/c1-10-9-23-13(11-4-2-3-5-12(11)17)8-20(10)14(21)16(6-7-16)19-15(18)22/h2-5,10,13H,6-9H2,1H3,(H3,18,19,22)/t10-,13-/m1/s1. The summed E-state index contributed by atoms with van der Waals surface area (Å²) in [5.41, 5.74) is 5.23. The summed E-state index contributed by atoms with van der Waals surface area (Å²) >= 11 is 6.24. The summed E-state index contributed by atoms with van der Waals surface area (Å²) in [7, 11) is 0. The molecule has 2 atom stereocenters. The fourth-order valence-electron chi connectivity index (χ4n) is 2.99. The van der Waals surface area contributed by atoms with E-state index in [1.165, 1.54) is 0 Å². The smallest absolute Gasteiger partial charge is 0.313 e. The quantitative estimate of drug-likeness (QED) is 0.882. The molecule has 1 heterocycles. The molecule has 0 bridgehead atoms. The van der Waals surface area contributed by atoms with Crippen LogP contribution in [-0.2, 0) is 9.53 Å². The Labute approximate surface area is 139 Å². The molecule has 0 spiro atoms. The predicted octanol–water partition coefficient (Wildman–Crippen LogP) is 1.83. The number of morpholine rings is 1. The largest absolute Gasteiger partial charge is 0.369 e. The van der Waals surface area contributed by atoms with Crippen LogP contribution in [-0.4, -0.2) is 41.6 Å². The number of primary amides is 1. The minimum atomic E-state index is -0.831. The molecular weight excluding hydrogens is 318 g/mol. The molecule has 0 radical (unpaired) electrons. The number of carbonyl (C=O) groups excluding carboxylic acids is 2. The Morgan fingerprint density at radius 3 is 2.70 bits per heavy atom. The molecule has 7 heteroatoms. The number of nitrogens with zero attached hydrogens (tertiary/aromatic N) is 1. The molecule has 1 saturated carbocycles. The molecule has 0 unspecified atom stereocenters. The van der Waals surface area contributed by atoms with Crippen LogP contribution < -0.4 is 11.1 Å². The van der Waals surface area contributed by atoms with Gasteiger partial charge in [-0.15, -0.1) is 0 Å². The first-order chi connectivity index (χ1) is 10.9. The van der Waals surface area contributed by atoms with Gasteiger partial charge in [0.1, 0.15) is 11.6 Å². The highest BCUT2D eigenvalue weighted by molar-refractivity contribution is 6.31. The van der Waals surface area contributed by atoms with Gasteiger partial charge in [0, 0.05) is 10.6 Å². The lowest BCUT2D eigenvalue weighted by atomic mass is 10.0. The first-order valence-corrected chi connectivity index (χ1v) is 8.05. The predicted molar refractivity (Wildman–Crippen MR) is 86.0 cm³/mol. The normalized spacial score (nSPS) is 25.7. The summed E-state index contributed by atoms with van der Waals surface area (Å²) in [6, 6.07) is 6.73. The molecule has 3 rings (SSSR count). The Bertz CT molecular complexity index is 633. The first kappa shape index (κ1) is 16.1. The van der Waals surface area contributed by atoms with E-state index in [9.17, 15) is 9.59 Å². The fraction of sp³-hybridized carbons (Fsp3) is 0.500. The Morgan fingerprint density at radius 1 is 1.39 bits per heavy atom. The number of carbonyl (C=O) groups is 2. The topological polar surface area (TPSA) is 84.7 Å². The van der Waals surface area contributed by atoms with Crippen LogP contribution in [0.25, 0.3) is 0 Å². The number of amides is 3. The second-order valence-electron chi connectivity index (χ2n) is 6.22. The second kappa shape index (κ2) is 6.02. The Hall–Kier alpha value is -1.79. The van der Waals surface area contributed by atoms with Crippen LogP contribution in [0.5, 0.6) is 0 Å². The van der Waals surface area contributed by atoms with Gasteiger partial charge in [0.25, 0.3) is 0 Å². The van der Waals surface area contributed by atoms with Crippen molar-refractivity contribution in [2.24, 2.45) is 5.73 Å². The summed E-state index contributed by atoms with van der Waals surface area (Å²) in [6.45, 7) is 2.77. The summed E-state index contributed by atoms with van der Waals surface area (Å²) in [5.74, 6) is -0.0934. The van der Waals surface area contributed by atoms with Gasteiger partial charge in [0.15, 0.2) is 0 Å². The molecule has 1 aromatic carbocycles. The van der Waals surface area contributed by atoms with Crippen molar-refractivity contribution in [3.8, 4) is 0 Å². The molecule has 2 aliphatic rings. The summed E-state index contributed by atoms with van der Waals surface area (Å²) in [4.78, 5) is 25.8. The number of hydrogen-bond acceptors (Lipinski definition) is 3. The number of benzene rings is 1. The number of halogens is 1. The number of nitrogens with two attached hydrogens (primary N) is 1. The van der Waals surface area contributed by atoms with Gasteiger partial charge in [-0.2, -0.15) is 0 Å². The van der Waals surface area contributed by atoms with E-state index >= 15 is 0 Å². The van der Waals surface area contributed by atoms with Gasteiger partial charge in [-0.05, 0) is 25.8 Å². The molecule has 1 aromatic rings. The van der Waals surface area contributed by atoms with Crippen molar-refractivity contribution in [3.63, 3.8) is 0 Å². The lowest BCUT2D eigenvalue weighted by Gasteiger charge is -2.40. The van der Waals surface area contributed by atoms with Gasteiger partial charge in [-0.25, -0.2) is 4.79 Å². The maximum atomic E-state index is 12.9. The van der Waals surface area contributed by atoms with Gasteiger partial charge in [-0.3, -0.25) is 4.79 Å². The Morgan fingerprint density at radius 2 is 2.09 bits per heavy atom. The zero-order valence-corrected chi connectivity index (χ0v) is 13.7. The summed E-state index contributed by atoms with van der Waals surface area (Å²) in [5, 5.41) is 3.22. The molecule has 23 heavy (non-hydrogen) atoms. The molecule has 2 fully saturated rings. The summed E-state index contributed by atoms with van der Waals surface area (Å²) in [6.07, 6.45) is 0.971. The average molecular weight is 338 g/mol. The third-order valence-corrected chi connectivity index (χ3v) is 4.81. The third-order valence-electron chi connectivity index (χ3n) is 4.47. The van der Waals surface area contributed by atoms with Gasteiger partial charge in [-0.1, -0.05) is 29.8 Å². The van der Waals surface area contributed by atoms with E-state index in [1.54, 1.807) is 4.90 Å². The van der Waals surface area contributed by atoms with Gasteiger partial charge in [0.05, 0.1) is 19.2 Å². The van der Waals surface area contributed by atoms with Crippen LogP contribution in [0.15, 0.2) is 24.3 Å². The Kier molecular flexibility index (Phi) is 4.21. The number of urea groups is 1. The van der Waals surface area contributed by atoms with Crippen LogP contribution in [0.1, 0.15) is 31.4 Å². The van der Waals surface area contributed by atoms with Crippen molar-refractivity contribution in [1.29, 1.82) is 0 Å². The molecular formula is C16H20ClN3O3. The monoisotopic (exact) mass is 337 g/mol. The highest BCUT2D eigenvalue weighted by Crippen LogP contribution is 2.39. The number of ether oxygens (including phenoxy) is 1. The molecule has 1 aliphatic heterocycles. The fourth-order valence-corrected chi connectivity index (χ4v) is 3.25. The van der Waals surface area contributed by atoms with E-state index in [-0.39, 0.29) is 18.1 Å². The second-order valence-corrected chi connectivity index (χ2v) is 6.63. The van der Waals surface area contributed by atoms with Crippen LogP contribution in [0.4, 0.5) is 4.79 Å². The van der Waals surface area contributed by atoms with Crippen LogP contribution in [0.3, 0.4) is 0 Å². The Balaban J connectivity index is 1.78. The molecule has 124 valence electrons. The van der Waals surface area contributed by atoms with Gasteiger partial charge >= 0.3 is 6.03 Å². The van der Waals surface area contributed by atoms with Crippen molar-refractivity contribution in [2.75, 3.05) is 13.2 Å². The van der Waals surface area contributed by atoms with Crippen LogP contribution in [0.2, 0.25) is 5.02 Å². The molecule has 6 nitrogen and oxygen atoms in total. The molecule has 3 amide bonds. The zero-order chi connectivity index (χ0) is 16.6. The molecule has 3 N–H and O–H groups in total. The van der Waals surface area contributed by atoms with Crippen molar-refractivity contribution in [2.45, 2.75) is 37.5 Å². The number of hydrogen-bond donors (Lipinski definition) is 2. The van der Waals surface area contributed by atoms with E-state index in [0.717, 1.165) is 5.56 Å². The van der Waals surface area contributed by atoms with E-state index in [4.69, 9.17) is 22.1 Å². The molecule has 1 aliphatic carbocycles. The van der Waals surface area contributed by atoms with Gasteiger partial charge in [0.2, 0.25) is 5.91 Å². The molecule has 0 aromatic heterocycles. The van der Waals surface area contributed by atoms with Crippen LogP contribution in [0, 0.1) is 0 Å². The minimum absolute atomic E-state index is 0.0617. The maximum Gasteiger partial charge on any atom is 0.313 e. The number of nitrogens with one attached hydrogen (secondary N) is 1. The van der Waals surface area contributed by atoms with Gasteiger partial charge < -0.3 is 20.7 Å². The van der Waals surface area contributed by atoms with Crippen molar-refractivity contribution in [1.82, 2.24) is 10.2 Å². The van der Waals surface area contributed by atoms with Crippen molar-refractivity contribution >= 4 is 23.5 Å². The zero-order valence-electron chi connectivity index (χ0n) is 12.9. The van der Waals surface area contributed by atoms with Crippen molar-refractivity contribution in [3.05, 3.63) is 34.9 Å². The minimum Gasteiger partial charge on any atom is -0.369 e. The highest BCUT2D eigenvalue weighted by atomic mass is 35.5. The van der Waals surface area contributed by atoms with E-state index < -0.39 is 11.6 Å². The maximum absolute atomic E-state index is 12.9. The van der Waals surface area contributed by atoms with Crippen molar-refractivity contribution < 1.29 is 14.3 Å². The highest BCUT2D eigenvalue weighted by Gasteiger charge is 2.54. The first-order valence-electron chi connectivity index (χ1n) is 7.68. The average Bonchev–Trinajstić information content (AvgIpc) is 3.28. The molecule has 1 saturated heterocycles. The van der Waals surface area contributed by atoms with E-state index in [2.05, 4.69) is 5.32 Å². The van der Waals surface area contributed by atoms with Crippen LogP contribution >= 0.6 is 11.6 Å². The van der Waals surface area contributed by atoms with E-state index in [0.29, 0.717) is 31.0 Å². The lowest BCUT2D eigenvalue weighted by Crippen LogP contribution is -2.57. The third kappa shape index (κ3) is 3.14. The lowest BCUT2D eigenvalue weighted by molar-refractivity contribution is -0.147. The SMILES string of the molecule is C[C@@H]1CO[C@@H](c2ccccc2Cl)CN1C(=O)C1(NC(N)=O)CC1. The van der Waals surface area contributed by atoms with E-state index in [1.807, 2.05) is 31.2 Å².